The molecule has 2 aromatic rings. The molecule has 1 aromatic carbocycles. The second-order valence-corrected chi connectivity index (χ2v) is 9.13. The number of hydrogen-bond acceptors (Lipinski definition) is 5. The van der Waals surface area contributed by atoms with Crippen LogP contribution in [0.5, 0.6) is 0 Å². The average molecular weight is 427 g/mol. The zero-order valence-electron chi connectivity index (χ0n) is 15.9. The maximum absolute atomic E-state index is 13.5. The van der Waals surface area contributed by atoms with Crippen LogP contribution in [0.1, 0.15) is 30.6 Å². The molecule has 1 aromatic heterocycles. The summed E-state index contributed by atoms with van der Waals surface area (Å²) in [5.74, 6) is 0. The summed E-state index contributed by atoms with van der Waals surface area (Å²) in [6.45, 7) is 1.86. The topological polar surface area (TPSA) is 95.6 Å². The fourth-order valence-corrected chi connectivity index (χ4v) is 5.39. The van der Waals surface area contributed by atoms with E-state index in [1.807, 2.05) is 6.92 Å². The van der Waals surface area contributed by atoms with Crippen molar-refractivity contribution in [1.29, 1.82) is 0 Å². The maximum atomic E-state index is 13.5. The van der Waals surface area contributed by atoms with Gasteiger partial charge in [0, 0.05) is 36.8 Å². The third kappa shape index (κ3) is 3.87. The molecule has 0 radical (unpaired) electrons. The lowest BCUT2D eigenvalue weighted by atomic mass is 9.95. The minimum Gasteiger partial charge on any atom is -0.448 e. The molecule has 0 spiro atoms. The maximum Gasteiger partial charge on any atom is 0.409 e. The lowest BCUT2D eigenvalue weighted by molar-refractivity contribution is 0.0817. The highest BCUT2D eigenvalue weighted by Gasteiger charge is 2.43. The van der Waals surface area contributed by atoms with E-state index in [-0.39, 0.29) is 11.5 Å². The number of H-pyrrole nitrogens is 1. The third-order valence-corrected chi connectivity index (χ3v) is 6.99. The van der Waals surface area contributed by atoms with Gasteiger partial charge in [-0.15, -0.1) is 0 Å². The van der Waals surface area contributed by atoms with Crippen LogP contribution in [0.15, 0.2) is 35.4 Å². The van der Waals surface area contributed by atoms with Crippen molar-refractivity contribution in [3.05, 3.63) is 46.7 Å². The van der Waals surface area contributed by atoms with E-state index < -0.39 is 28.2 Å². The molecule has 3 rings (SSSR count). The summed E-state index contributed by atoms with van der Waals surface area (Å²) < 4.78 is 33.8. The average Bonchev–Trinajstić information content (AvgIpc) is 3.13. The lowest BCUT2D eigenvalue weighted by Crippen LogP contribution is -2.49. The largest absolute Gasteiger partial charge is 0.448 e. The summed E-state index contributed by atoms with van der Waals surface area (Å²) in [6, 6.07) is 5.10. The molecule has 1 amide bonds. The number of aromatic amines is 1. The Labute approximate surface area is 169 Å². The number of nitrogens with zero attached hydrogens (tertiary/aromatic N) is 3. The van der Waals surface area contributed by atoms with Gasteiger partial charge in [0.1, 0.15) is 6.61 Å². The number of rotatable bonds is 5. The van der Waals surface area contributed by atoms with Crippen molar-refractivity contribution in [3.63, 3.8) is 0 Å². The molecule has 1 N–H and O–H groups in total. The van der Waals surface area contributed by atoms with E-state index in [0.717, 1.165) is 11.3 Å². The Kier molecular flexibility index (Phi) is 5.97. The van der Waals surface area contributed by atoms with Crippen LogP contribution in [0, 0.1) is 0 Å². The summed E-state index contributed by atoms with van der Waals surface area (Å²) >= 11 is 5.92. The Bertz CT molecular complexity index is 943. The smallest absolute Gasteiger partial charge is 0.409 e. The number of ether oxygens (including phenoxy) is 1. The number of sulfonamides is 1. The van der Waals surface area contributed by atoms with E-state index in [1.165, 1.54) is 21.3 Å². The molecule has 10 heteroatoms. The van der Waals surface area contributed by atoms with Gasteiger partial charge in [0.25, 0.3) is 0 Å². The van der Waals surface area contributed by atoms with Crippen LogP contribution in [0.4, 0.5) is 4.79 Å². The number of fused-ring (bicyclic) bond motifs is 1. The molecule has 28 heavy (non-hydrogen) atoms. The van der Waals surface area contributed by atoms with Crippen molar-refractivity contribution in [2.45, 2.75) is 36.7 Å². The van der Waals surface area contributed by atoms with Crippen molar-refractivity contribution in [2.24, 2.45) is 0 Å². The zero-order chi connectivity index (χ0) is 20.5. The predicted octanol–water partition coefficient (Wildman–Crippen LogP) is 2.83. The minimum atomic E-state index is -3.85. The van der Waals surface area contributed by atoms with Crippen molar-refractivity contribution < 1.29 is 17.9 Å². The van der Waals surface area contributed by atoms with Crippen LogP contribution in [-0.4, -0.2) is 60.7 Å². The van der Waals surface area contributed by atoms with E-state index >= 15 is 0 Å². The Balaban J connectivity index is 2.01. The second kappa shape index (κ2) is 8.10. The van der Waals surface area contributed by atoms with Crippen LogP contribution in [-0.2, 0) is 21.2 Å². The zero-order valence-corrected chi connectivity index (χ0v) is 17.5. The van der Waals surface area contributed by atoms with Gasteiger partial charge in [-0.05, 0) is 30.7 Å². The number of hydrogen-bond donors (Lipinski definition) is 1. The first-order chi connectivity index (χ1) is 13.3. The standard InChI is InChI=1S/C18H23ClN4O4S/c1-4-17-15-10-20-21-16(15)9-13(11-27-18(24)22(2)3)23(17)28(25,26)14-7-5-12(19)6-8-14/h5-8,10,13,17H,4,9,11H2,1-3H3,(H,20,21). The van der Waals surface area contributed by atoms with Gasteiger partial charge in [0.15, 0.2) is 0 Å². The summed E-state index contributed by atoms with van der Waals surface area (Å²) in [4.78, 5) is 13.3. The molecule has 152 valence electrons. The van der Waals surface area contributed by atoms with Gasteiger partial charge in [-0.2, -0.15) is 9.40 Å². The number of carbonyl (C=O) groups excluding carboxylic acids is 1. The number of nitrogens with one attached hydrogen (secondary N) is 1. The number of amides is 1. The van der Waals surface area contributed by atoms with Gasteiger partial charge in [0.05, 0.1) is 23.2 Å². The van der Waals surface area contributed by atoms with E-state index in [1.54, 1.807) is 32.4 Å². The normalized spacial score (nSPS) is 19.9. The van der Waals surface area contributed by atoms with E-state index in [2.05, 4.69) is 10.2 Å². The van der Waals surface area contributed by atoms with E-state index in [0.29, 0.717) is 17.9 Å². The predicted molar refractivity (Wildman–Crippen MR) is 105 cm³/mol. The van der Waals surface area contributed by atoms with Gasteiger partial charge >= 0.3 is 6.09 Å². The SMILES string of the molecule is CCC1c2cn[nH]c2CC(COC(=O)N(C)C)N1S(=O)(=O)c1ccc(Cl)cc1. The van der Waals surface area contributed by atoms with Gasteiger partial charge in [-0.3, -0.25) is 5.10 Å². The second-order valence-electron chi connectivity index (χ2n) is 6.85. The van der Waals surface area contributed by atoms with E-state index in [9.17, 15) is 13.2 Å². The van der Waals surface area contributed by atoms with Crippen LogP contribution >= 0.6 is 11.6 Å². The molecule has 0 bridgehead atoms. The molecule has 2 atom stereocenters. The molecule has 2 heterocycles. The Morgan fingerprint density at radius 1 is 1.36 bits per heavy atom. The third-order valence-electron chi connectivity index (χ3n) is 4.76. The minimum absolute atomic E-state index is 0.0568. The fourth-order valence-electron chi connectivity index (χ4n) is 3.41. The van der Waals surface area contributed by atoms with Gasteiger partial charge in [0.2, 0.25) is 10.0 Å². The molecule has 0 aliphatic carbocycles. The highest BCUT2D eigenvalue weighted by atomic mass is 35.5. The quantitative estimate of drug-likeness (QED) is 0.793. The molecular weight excluding hydrogens is 404 g/mol. The summed E-state index contributed by atoms with van der Waals surface area (Å²) in [5.41, 5.74) is 1.70. The molecule has 1 aliphatic rings. The molecule has 2 unspecified atom stereocenters. The first-order valence-corrected chi connectivity index (χ1v) is 10.7. The highest BCUT2D eigenvalue weighted by molar-refractivity contribution is 7.89. The summed E-state index contributed by atoms with van der Waals surface area (Å²) in [5, 5.41) is 7.48. The van der Waals surface area contributed by atoms with Crippen molar-refractivity contribution >= 4 is 27.7 Å². The number of benzene rings is 1. The highest BCUT2D eigenvalue weighted by Crippen LogP contribution is 2.38. The van der Waals surface area contributed by atoms with E-state index in [4.69, 9.17) is 16.3 Å². The Morgan fingerprint density at radius 3 is 2.64 bits per heavy atom. The number of carbonyl (C=O) groups is 1. The summed E-state index contributed by atoms with van der Waals surface area (Å²) in [6.07, 6.45) is 2.07. The van der Waals surface area contributed by atoms with Gasteiger partial charge < -0.3 is 9.64 Å². The van der Waals surface area contributed by atoms with Crippen LogP contribution in [0.2, 0.25) is 5.02 Å². The molecule has 1 aliphatic heterocycles. The number of aromatic nitrogens is 2. The van der Waals surface area contributed by atoms with Crippen molar-refractivity contribution in [1.82, 2.24) is 19.4 Å². The molecule has 0 fully saturated rings. The Morgan fingerprint density at radius 2 is 2.04 bits per heavy atom. The molecular formula is C18H23ClN4O4S. The fraction of sp³-hybridized carbons (Fsp3) is 0.444. The van der Waals surface area contributed by atoms with Crippen LogP contribution in [0.25, 0.3) is 0 Å². The number of halogens is 1. The van der Waals surface area contributed by atoms with Crippen molar-refractivity contribution in [2.75, 3.05) is 20.7 Å². The molecule has 0 saturated carbocycles. The molecule has 0 saturated heterocycles. The summed E-state index contributed by atoms with van der Waals surface area (Å²) in [7, 11) is -0.697. The monoisotopic (exact) mass is 426 g/mol. The van der Waals surface area contributed by atoms with Crippen LogP contribution < -0.4 is 0 Å². The lowest BCUT2D eigenvalue weighted by Gasteiger charge is -2.40. The first kappa shape index (κ1) is 20.6. The van der Waals surface area contributed by atoms with Crippen molar-refractivity contribution in [3.8, 4) is 0 Å². The Hall–Kier alpha value is -2.10. The van der Waals surface area contributed by atoms with Gasteiger partial charge in [-0.25, -0.2) is 13.2 Å². The molecule has 8 nitrogen and oxygen atoms in total. The van der Waals surface area contributed by atoms with Crippen LogP contribution in [0.3, 0.4) is 0 Å². The first-order valence-electron chi connectivity index (χ1n) is 8.91. The van der Waals surface area contributed by atoms with Gasteiger partial charge in [-0.1, -0.05) is 18.5 Å².